The second-order valence-corrected chi connectivity index (χ2v) is 8.99. The number of para-hydroxylation sites is 1. The van der Waals surface area contributed by atoms with E-state index in [1.54, 1.807) is 48.5 Å². The van der Waals surface area contributed by atoms with E-state index in [0.717, 1.165) is 11.8 Å². The lowest BCUT2D eigenvalue weighted by molar-refractivity contribution is -0.385. The quantitative estimate of drug-likeness (QED) is 0.156. The van der Waals surface area contributed by atoms with Crippen molar-refractivity contribution in [3.05, 3.63) is 98.7 Å². The van der Waals surface area contributed by atoms with E-state index in [9.17, 15) is 19.3 Å². The third-order valence-corrected chi connectivity index (χ3v) is 6.30. The number of hydrogen-bond donors (Lipinski definition) is 0. The molecule has 0 radical (unpaired) electrons. The Morgan fingerprint density at radius 2 is 1.89 bits per heavy atom. The van der Waals surface area contributed by atoms with Gasteiger partial charge in [-0.15, -0.1) is 0 Å². The molecule has 1 aliphatic heterocycles. The van der Waals surface area contributed by atoms with Crippen LogP contribution in [0.1, 0.15) is 18.1 Å². The predicted molar refractivity (Wildman–Crippen MR) is 137 cm³/mol. The highest BCUT2D eigenvalue weighted by molar-refractivity contribution is 8.27. The van der Waals surface area contributed by atoms with Crippen LogP contribution in [-0.4, -0.2) is 21.8 Å². The van der Waals surface area contributed by atoms with Gasteiger partial charge >= 0.3 is 0 Å². The molecule has 0 atom stereocenters. The van der Waals surface area contributed by atoms with Crippen molar-refractivity contribution in [2.45, 2.75) is 13.5 Å². The molecule has 7 nitrogen and oxygen atoms in total. The fourth-order valence-corrected chi connectivity index (χ4v) is 4.72. The SMILES string of the molecule is CCOc1cc(/C=C2\SC(=S)N(c3cccc(F)c3)C2=O)ccc1OCc1ccccc1[N+](=O)[O-]. The number of anilines is 1. The van der Waals surface area contributed by atoms with E-state index in [0.29, 0.717) is 44.1 Å². The molecule has 178 valence electrons. The van der Waals surface area contributed by atoms with Gasteiger partial charge in [-0.05, 0) is 55.0 Å². The van der Waals surface area contributed by atoms with Gasteiger partial charge in [0.15, 0.2) is 15.8 Å². The number of hydrogen-bond acceptors (Lipinski definition) is 7. The topological polar surface area (TPSA) is 81.9 Å². The maximum Gasteiger partial charge on any atom is 0.276 e. The summed E-state index contributed by atoms with van der Waals surface area (Å²) in [6.45, 7) is 2.18. The first-order valence-electron chi connectivity index (χ1n) is 10.5. The lowest BCUT2D eigenvalue weighted by Gasteiger charge is -2.14. The van der Waals surface area contributed by atoms with Gasteiger partial charge in [0.1, 0.15) is 12.4 Å². The molecule has 1 heterocycles. The minimum atomic E-state index is -0.460. The van der Waals surface area contributed by atoms with Crippen LogP contribution in [0.3, 0.4) is 0 Å². The van der Waals surface area contributed by atoms with Crippen molar-refractivity contribution in [2.75, 3.05) is 11.5 Å². The molecule has 4 rings (SSSR count). The van der Waals surface area contributed by atoms with Gasteiger partial charge in [0.25, 0.3) is 11.6 Å². The molecule has 1 amide bonds. The first-order valence-corrected chi connectivity index (χ1v) is 11.8. The fourth-order valence-electron chi connectivity index (χ4n) is 3.43. The van der Waals surface area contributed by atoms with E-state index in [1.165, 1.54) is 29.2 Å². The van der Waals surface area contributed by atoms with E-state index in [2.05, 4.69) is 0 Å². The summed E-state index contributed by atoms with van der Waals surface area (Å²) in [7, 11) is 0. The largest absolute Gasteiger partial charge is 0.490 e. The second kappa shape index (κ2) is 10.7. The first-order chi connectivity index (χ1) is 16.9. The molecule has 1 aliphatic rings. The van der Waals surface area contributed by atoms with Crippen LogP contribution in [-0.2, 0) is 11.4 Å². The Morgan fingerprint density at radius 3 is 2.63 bits per heavy atom. The molecule has 1 fully saturated rings. The average molecular weight is 511 g/mol. The summed E-state index contributed by atoms with van der Waals surface area (Å²) in [6, 6.07) is 17.2. The van der Waals surface area contributed by atoms with Gasteiger partial charge in [-0.25, -0.2) is 4.39 Å². The number of rotatable bonds is 8. The van der Waals surface area contributed by atoms with Gasteiger partial charge in [-0.2, -0.15) is 0 Å². The highest BCUT2D eigenvalue weighted by Gasteiger charge is 2.33. The van der Waals surface area contributed by atoms with E-state index in [-0.39, 0.29) is 18.2 Å². The molecular formula is C25H19FN2O5S2. The number of benzene rings is 3. The molecule has 10 heteroatoms. The summed E-state index contributed by atoms with van der Waals surface area (Å²) in [5, 5.41) is 11.3. The molecule has 1 saturated heterocycles. The number of thioether (sulfide) groups is 1. The van der Waals surface area contributed by atoms with Crippen LogP contribution < -0.4 is 14.4 Å². The van der Waals surface area contributed by atoms with Crippen LogP contribution >= 0.6 is 24.0 Å². The van der Waals surface area contributed by atoms with Crippen LogP contribution in [0, 0.1) is 15.9 Å². The molecule has 0 aliphatic carbocycles. The molecule has 0 unspecified atom stereocenters. The molecule has 3 aromatic rings. The fraction of sp³-hybridized carbons (Fsp3) is 0.120. The highest BCUT2D eigenvalue weighted by Crippen LogP contribution is 2.37. The van der Waals surface area contributed by atoms with Gasteiger partial charge in [-0.3, -0.25) is 19.8 Å². The van der Waals surface area contributed by atoms with Gasteiger partial charge in [-0.1, -0.05) is 48.2 Å². The van der Waals surface area contributed by atoms with Crippen LogP contribution in [0.2, 0.25) is 0 Å². The van der Waals surface area contributed by atoms with Crippen molar-refractivity contribution < 1.29 is 23.6 Å². The summed E-state index contributed by atoms with van der Waals surface area (Å²) in [4.78, 5) is 25.4. The minimum Gasteiger partial charge on any atom is -0.490 e. The van der Waals surface area contributed by atoms with Crippen LogP contribution in [0.25, 0.3) is 6.08 Å². The van der Waals surface area contributed by atoms with Crippen molar-refractivity contribution in [3.63, 3.8) is 0 Å². The van der Waals surface area contributed by atoms with Crippen LogP contribution in [0.15, 0.2) is 71.6 Å². The number of nitro groups is 1. The van der Waals surface area contributed by atoms with Gasteiger partial charge in [0, 0.05) is 6.07 Å². The Morgan fingerprint density at radius 1 is 1.09 bits per heavy atom. The molecule has 3 aromatic carbocycles. The van der Waals surface area contributed by atoms with Crippen molar-refractivity contribution in [1.82, 2.24) is 0 Å². The number of amides is 1. The van der Waals surface area contributed by atoms with Gasteiger partial charge in [0.05, 0.1) is 27.7 Å². The molecule has 0 spiro atoms. The van der Waals surface area contributed by atoms with Crippen LogP contribution in [0.4, 0.5) is 15.8 Å². The number of carbonyl (C=O) groups is 1. The maximum atomic E-state index is 13.6. The van der Waals surface area contributed by atoms with Gasteiger partial charge < -0.3 is 9.47 Å². The zero-order valence-electron chi connectivity index (χ0n) is 18.5. The monoisotopic (exact) mass is 510 g/mol. The highest BCUT2D eigenvalue weighted by atomic mass is 32.2. The Balaban J connectivity index is 1.56. The third kappa shape index (κ3) is 5.50. The van der Waals surface area contributed by atoms with Crippen molar-refractivity contribution in [3.8, 4) is 11.5 Å². The number of nitrogens with zero attached hydrogens (tertiary/aromatic N) is 2. The molecule has 0 saturated carbocycles. The minimum absolute atomic E-state index is 0.0110. The molecule has 0 bridgehead atoms. The van der Waals surface area contributed by atoms with E-state index < -0.39 is 10.7 Å². The van der Waals surface area contributed by atoms with E-state index in [1.807, 2.05) is 6.92 Å². The van der Waals surface area contributed by atoms with Crippen LogP contribution in [0.5, 0.6) is 11.5 Å². The number of thiocarbonyl (C=S) groups is 1. The lowest BCUT2D eigenvalue weighted by atomic mass is 10.1. The zero-order valence-corrected chi connectivity index (χ0v) is 20.1. The molecule has 0 N–H and O–H groups in total. The normalized spacial score (nSPS) is 14.5. The van der Waals surface area contributed by atoms with Crippen molar-refractivity contribution in [1.29, 1.82) is 0 Å². The molecule has 35 heavy (non-hydrogen) atoms. The second-order valence-electron chi connectivity index (χ2n) is 7.31. The smallest absolute Gasteiger partial charge is 0.276 e. The number of nitro benzene ring substituents is 1. The number of carbonyl (C=O) groups excluding carboxylic acids is 1. The predicted octanol–water partition coefficient (Wildman–Crippen LogP) is 6.12. The maximum absolute atomic E-state index is 13.6. The average Bonchev–Trinajstić information content (AvgIpc) is 3.11. The number of halogens is 1. The summed E-state index contributed by atoms with van der Waals surface area (Å²) >= 11 is 6.47. The van der Waals surface area contributed by atoms with E-state index >= 15 is 0 Å². The van der Waals surface area contributed by atoms with Crippen molar-refractivity contribution >= 4 is 51.7 Å². The Hall–Kier alpha value is -3.76. The standard InChI is InChI=1S/C25H19FN2O5S2/c1-2-32-22-12-16(10-11-21(22)33-15-17-6-3-4-9-20(17)28(30)31)13-23-24(29)27(25(34)35-23)19-8-5-7-18(26)14-19/h3-14H,2,15H2,1H3/b23-13-. The van der Waals surface area contributed by atoms with E-state index in [4.69, 9.17) is 21.7 Å². The first kappa shape index (κ1) is 24.4. The Kier molecular flexibility index (Phi) is 7.42. The molecular weight excluding hydrogens is 491 g/mol. The lowest BCUT2D eigenvalue weighted by Crippen LogP contribution is -2.27. The Bertz CT molecular complexity index is 1340. The molecule has 0 aromatic heterocycles. The summed E-state index contributed by atoms with van der Waals surface area (Å²) < 4.78 is 25.5. The van der Waals surface area contributed by atoms with Gasteiger partial charge in [0.2, 0.25) is 0 Å². The summed E-state index contributed by atoms with van der Waals surface area (Å²) in [6.07, 6.45) is 1.67. The summed E-state index contributed by atoms with van der Waals surface area (Å²) in [5.74, 6) is 0.0356. The third-order valence-electron chi connectivity index (χ3n) is 5.00. The van der Waals surface area contributed by atoms with Crippen molar-refractivity contribution in [2.24, 2.45) is 0 Å². The summed E-state index contributed by atoms with van der Waals surface area (Å²) in [5.41, 5.74) is 1.45. The number of ether oxygens (including phenoxy) is 2. The Labute approximate surface area is 210 Å². The zero-order chi connectivity index (χ0) is 24.9.